The van der Waals surface area contributed by atoms with Gasteiger partial charge in [-0.2, -0.15) is 11.3 Å². The number of aliphatic carboxylic acids is 1. The van der Waals surface area contributed by atoms with Crippen molar-refractivity contribution in [2.45, 2.75) is 19.3 Å². The van der Waals surface area contributed by atoms with Crippen LogP contribution in [-0.2, 0) is 16.0 Å². The van der Waals surface area contributed by atoms with Crippen LogP contribution >= 0.6 is 11.3 Å². The minimum absolute atomic E-state index is 0.0840. The van der Waals surface area contributed by atoms with E-state index in [-0.39, 0.29) is 18.4 Å². The number of rotatable bonds is 8. The summed E-state index contributed by atoms with van der Waals surface area (Å²) in [7, 11) is 1.55. The second-order valence-electron chi connectivity index (χ2n) is 5.57. The standard InChI is InChI=1S/C18H21NO4S/c1-12(14-7-8-24-11-14)17(20)19-10-15(18(21)22)9-13-5-3-4-6-16(13)23-2/h3-8,11-12,15H,9-10H2,1-2H3,(H,19,20)(H,21,22). The van der Waals surface area contributed by atoms with E-state index >= 15 is 0 Å². The highest BCUT2D eigenvalue weighted by atomic mass is 32.1. The van der Waals surface area contributed by atoms with Gasteiger partial charge in [-0.25, -0.2) is 0 Å². The number of carbonyl (C=O) groups excluding carboxylic acids is 1. The lowest BCUT2D eigenvalue weighted by Crippen LogP contribution is -2.36. The molecule has 0 aliphatic rings. The molecule has 2 atom stereocenters. The number of thiophene rings is 1. The molecule has 2 aromatic rings. The molecule has 1 amide bonds. The molecule has 0 fully saturated rings. The van der Waals surface area contributed by atoms with Crippen molar-refractivity contribution < 1.29 is 19.4 Å². The highest BCUT2D eigenvalue weighted by Gasteiger charge is 2.22. The smallest absolute Gasteiger partial charge is 0.308 e. The molecule has 2 rings (SSSR count). The van der Waals surface area contributed by atoms with Crippen molar-refractivity contribution in [2.24, 2.45) is 5.92 Å². The normalized spacial score (nSPS) is 13.1. The zero-order valence-corrected chi connectivity index (χ0v) is 14.5. The lowest BCUT2D eigenvalue weighted by molar-refractivity contribution is -0.141. The van der Waals surface area contributed by atoms with Crippen LogP contribution in [0, 0.1) is 5.92 Å². The molecule has 0 radical (unpaired) electrons. The number of amides is 1. The maximum atomic E-state index is 12.2. The molecular formula is C18H21NO4S. The second-order valence-corrected chi connectivity index (χ2v) is 6.35. The van der Waals surface area contributed by atoms with Crippen LogP contribution in [0.15, 0.2) is 41.1 Å². The molecule has 1 aromatic carbocycles. The first kappa shape index (κ1) is 18.0. The van der Waals surface area contributed by atoms with Gasteiger partial charge in [-0.05, 0) is 47.4 Å². The predicted molar refractivity (Wildman–Crippen MR) is 93.6 cm³/mol. The molecule has 2 unspecified atom stereocenters. The average Bonchev–Trinajstić information content (AvgIpc) is 3.12. The predicted octanol–water partition coefficient (Wildman–Crippen LogP) is 2.92. The summed E-state index contributed by atoms with van der Waals surface area (Å²) in [5, 5.41) is 16.0. The number of hydrogen-bond acceptors (Lipinski definition) is 4. The van der Waals surface area contributed by atoms with Crippen LogP contribution < -0.4 is 10.1 Å². The summed E-state index contributed by atoms with van der Waals surface area (Å²) < 4.78 is 5.26. The van der Waals surface area contributed by atoms with E-state index < -0.39 is 11.9 Å². The minimum Gasteiger partial charge on any atom is -0.496 e. The first-order valence-corrected chi connectivity index (χ1v) is 8.61. The molecule has 0 saturated heterocycles. The zero-order valence-electron chi connectivity index (χ0n) is 13.7. The summed E-state index contributed by atoms with van der Waals surface area (Å²) in [6.07, 6.45) is 0.298. The Bertz CT molecular complexity index is 684. The molecule has 0 bridgehead atoms. The van der Waals surface area contributed by atoms with Crippen LogP contribution in [0.25, 0.3) is 0 Å². The van der Waals surface area contributed by atoms with Crippen LogP contribution in [0.3, 0.4) is 0 Å². The Morgan fingerprint density at radius 3 is 2.67 bits per heavy atom. The van der Waals surface area contributed by atoms with Gasteiger partial charge in [0.2, 0.25) is 5.91 Å². The van der Waals surface area contributed by atoms with Crippen LogP contribution in [0.4, 0.5) is 0 Å². The fourth-order valence-electron chi connectivity index (χ4n) is 2.43. The number of carboxylic acids is 1. The lowest BCUT2D eigenvalue weighted by atomic mass is 9.98. The summed E-state index contributed by atoms with van der Waals surface area (Å²) in [6, 6.07) is 9.21. The number of carbonyl (C=O) groups is 2. The fraction of sp³-hybridized carbons (Fsp3) is 0.333. The van der Waals surface area contributed by atoms with Gasteiger partial charge in [0.15, 0.2) is 0 Å². The lowest BCUT2D eigenvalue weighted by Gasteiger charge is -2.17. The molecule has 1 aromatic heterocycles. The van der Waals surface area contributed by atoms with Gasteiger partial charge in [0.1, 0.15) is 5.75 Å². The van der Waals surface area contributed by atoms with Gasteiger partial charge in [0, 0.05) is 6.54 Å². The number of methoxy groups -OCH3 is 1. The monoisotopic (exact) mass is 347 g/mol. The van der Waals surface area contributed by atoms with Crippen molar-refractivity contribution in [3.63, 3.8) is 0 Å². The first-order valence-electron chi connectivity index (χ1n) is 7.67. The third kappa shape index (κ3) is 4.58. The van der Waals surface area contributed by atoms with Gasteiger partial charge in [0.25, 0.3) is 0 Å². The Labute approximate surface area is 145 Å². The van der Waals surface area contributed by atoms with E-state index in [1.54, 1.807) is 13.2 Å². The highest BCUT2D eigenvalue weighted by Crippen LogP contribution is 2.22. The Balaban J connectivity index is 1.99. The van der Waals surface area contributed by atoms with Crippen LogP contribution in [0.2, 0.25) is 0 Å². The second kappa shape index (κ2) is 8.49. The summed E-state index contributed by atoms with van der Waals surface area (Å²) in [6.45, 7) is 1.90. The van der Waals surface area contributed by atoms with Gasteiger partial charge in [-0.15, -0.1) is 0 Å². The fourth-order valence-corrected chi connectivity index (χ4v) is 3.19. The molecular weight excluding hydrogens is 326 g/mol. The topological polar surface area (TPSA) is 75.6 Å². The van der Waals surface area contributed by atoms with Crippen molar-refractivity contribution in [2.75, 3.05) is 13.7 Å². The SMILES string of the molecule is COc1ccccc1CC(CNC(=O)C(C)c1ccsc1)C(=O)O. The van der Waals surface area contributed by atoms with E-state index in [1.807, 2.05) is 41.9 Å². The summed E-state index contributed by atoms with van der Waals surface area (Å²) in [4.78, 5) is 23.7. The third-order valence-corrected chi connectivity index (χ3v) is 4.67. The van der Waals surface area contributed by atoms with Gasteiger partial charge in [-0.3, -0.25) is 9.59 Å². The number of carboxylic acid groups (broad SMARTS) is 1. The van der Waals surface area contributed by atoms with Crippen molar-refractivity contribution in [3.05, 3.63) is 52.2 Å². The summed E-state index contributed by atoms with van der Waals surface area (Å²) >= 11 is 1.53. The van der Waals surface area contributed by atoms with Crippen molar-refractivity contribution in [1.82, 2.24) is 5.32 Å². The number of nitrogens with one attached hydrogen (secondary N) is 1. The average molecular weight is 347 g/mol. The minimum atomic E-state index is -0.940. The number of benzene rings is 1. The van der Waals surface area contributed by atoms with Gasteiger partial charge in [0.05, 0.1) is 18.9 Å². The van der Waals surface area contributed by atoms with E-state index in [0.717, 1.165) is 11.1 Å². The van der Waals surface area contributed by atoms with E-state index in [0.29, 0.717) is 12.2 Å². The van der Waals surface area contributed by atoms with Crippen LogP contribution in [0.5, 0.6) is 5.75 Å². The Kier molecular flexibility index (Phi) is 6.37. The Morgan fingerprint density at radius 2 is 2.04 bits per heavy atom. The summed E-state index contributed by atoms with van der Waals surface area (Å²) in [5.74, 6) is -1.46. The molecule has 1 heterocycles. The van der Waals surface area contributed by atoms with E-state index in [2.05, 4.69) is 5.32 Å². The molecule has 2 N–H and O–H groups in total. The number of hydrogen-bond donors (Lipinski definition) is 2. The van der Waals surface area contributed by atoms with E-state index in [1.165, 1.54) is 11.3 Å². The van der Waals surface area contributed by atoms with Gasteiger partial charge < -0.3 is 15.2 Å². The third-order valence-electron chi connectivity index (χ3n) is 3.97. The zero-order chi connectivity index (χ0) is 17.5. The maximum Gasteiger partial charge on any atom is 0.308 e. The number of ether oxygens (including phenoxy) is 1. The van der Waals surface area contributed by atoms with Crippen LogP contribution in [-0.4, -0.2) is 30.6 Å². The molecule has 0 spiro atoms. The van der Waals surface area contributed by atoms with Crippen molar-refractivity contribution in [3.8, 4) is 5.75 Å². The van der Waals surface area contributed by atoms with E-state index in [9.17, 15) is 14.7 Å². The highest BCUT2D eigenvalue weighted by molar-refractivity contribution is 7.08. The molecule has 0 saturated carbocycles. The molecule has 0 aliphatic carbocycles. The Hall–Kier alpha value is -2.34. The van der Waals surface area contributed by atoms with E-state index in [4.69, 9.17) is 4.74 Å². The van der Waals surface area contributed by atoms with Crippen LogP contribution in [0.1, 0.15) is 24.0 Å². The van der Waals surface area contributed by atoms with Gasteiger partial charge >= 0.3 is 5.97 Å². The Morgan fingerprint density at radius 1 is 1.29 bits per heavy atom. The molecule has 24 heavy (non-hydrogen) atoms. The molecule has 0 aliphatic heterocycles. The van der Waals surface area contributed by atoms with Gasteiger partial charge in [-0.1, -0.05) is 18.2 Å². The largest absolute Gasteiger partial charge is 0.496 e. The number of para-hydroxylation sites is 1. The first-order chi connectivity index (χ1) is 11.5. The molecule has 5 nitrogen and oxygen atoms in total. The summed E-state index contributed by atoms with van der Waals surface area (Å²) in [5.41, 5.74) is 1.75. The molecule has 128 valence electrons. The maximum absolute atomic E-state index is 12.2. The molecule has 6 heteroatoms. The quantitative estimate of drug-likeness (QED) is 0.770. The van der Waals surface area contributed by atoms with Crippen molar-refractivity contribution >= 4 is 23.2 Å². The van der Waals surface area contributed by atoms with Crippen molar-refractivity contribution in [1.29, 1.82) is 0 Å².